The molecule has 0 saturated heterocycles. The Morgan fingerprint density at radius 3 is 1.12 bits per heavy atom. The first kappa shape index (κ1) is 33.3. The lowest BCUT2D eigenvalue weighted by Crippen LogP contribution is -2.84. The van der Waals surface area contributed by atoms with Gasteiger partial charge in [-0.1, -0.05) is 0 Å². The number of hydrogen-bond acceptors (Lipinski definition) is 9. The summed E-state index contributed by atoms with van der Waals surface area (Å²) in [6.45, 7) is 19.3. The average molecular weight is 529 g/mol. The minimum absolute atomic E-state index is 0.116. The van der Waals surface area contributed by atoms with Gasteiger partial charge in [0, 0.05) is 45.2 Å². The quantitative estimate of drug-likeness (QED) is 0.204. The molecule has 0 saturated carbocycles. The van der Waals surface area contributed by atoms with Crippen LogP contribution in [-0.4, -0.2) is 82.3 Å². The second-order valence-corrected chi connectivity index (χ2v) is 25.1. The van der Waals surface area contributed by atoms with E-state index in [-0.39, 0.29) is 12.2 Å². The van der Waals surface area contributed by atoms with Crippen LogP contribution in [0.1, 0.15) is 74.1 Å². The molecular weight excluding hydrogens is 476 g/mol. The minimum atomic E-state index is -3.45. The van der Waals surface area contributed by atoms with Crippen LogP contribution < -0.4 is 11.5 Å². The Balaban J connectivity index is 6.72. The molecule has 4 N–H and O–H groups in total. The van der Waals surface area contributed by atoms with Crippen molar-refractivity contribution in [3.63, 3.8) is 0 Å². The van der Waals surface area contributed by atoms with E-state index < -0.39 is 24.0 Å². The van der Waals surface area contributed by atoms with Crippen LogP contribution in [0.4, 0.5) is 0 Å². The smallest absolute Gasteiger partial charge is 0.409 e. The first-order valence-corrected chi connectivity index (χ1v) is 20.5. The van der Waals surface area contributed by atoms with Gasteiger partial charge in [0.15, 0.2) is 0 Å². The molecule has 0 aliphatic rings. The Labute approximate surface area is 205 Å². The van der Waals surface area contributed by atoms with E-state index in [2.05, 4.69) is 6.55 Å². The van der Waals surface area contributed by atoms with Crippen molar-refractivity contribution in [2.75, 3.05) is 46.1 Å². The van der Waals surface area contributed by atoms with E-state index in [4.69, 9.17) is 42.4 Å². The Bertz CT molecular complexity index is 447. The van der Waals surface area contributed by atoms with Gasteiger partial charge in [-0.25, -0.2) is 0 Å². The molecule has 0 aromatic heterocycles. The summed E-state index contributed by atoms with van der Waals surface area (Å²) in [5.41, 5.74) is 11.5. The molecule has 200 valence electrons. The third-order valence-corrected chi connectivity index (χ3v) is 28.4. The van der Waals surface area contributed by atoms with Crippen molar-refractivity contribution >= 4 is 24.0 Å². The van der Waals surface area contributed by atoms with Gasteiger partial charge in [-0.05, 0) is 93.8 Å². The van der Waals surface area contributed by atoms with Crippen LogP contribution in [0.5, 0.6) is 0 Å². The predicted octanol–water partition coefficient (Wildman–Crippen LogP) is 3.07. The third kappa shape index (κ3) is 9.35. The van der Waals surface area contributed by atoms with Crippen molar-refractivity contribution in [3.05, 3.63) is 0 Å². The van der Waals surface area contributed by atoms with Crippen LogP contribution in [0.3, 0.4) is 0 Å². The molecule has 2 unspecified atom stereocenters. The van der Waals surface area contributed by atoms with Crippen LogP contribution in [-0.2, 0) is 31.0 Å². The monoisotopic (exact) mass is 528 g/mol. The van der Waals surface area contributed by atoms with Crippen molar-refractivity contribution in [3.8, 4) is 0 Å². The van der Waals surface area contributed by atoms with E-state index in [0.29, 0.717) is 46.1 Å². The Kier molecular flexibility index (Phi) is 17.8. The maximum atomic E-state index is 6.75. The highest BCUT2D eigenvalue weighted by Crippen LogP contribution is 2.37. The molecule has 0 aromatic rings. The lowest BCUT2D eigenvalue weighted by atomic mass is 10.2. The van der Waals surface area contributed by atoms with Gasteiger partial charge in [0.05, 0.1) is 0 Å². The molecule has 0 fully saturated rings. The van der Waals surface area contributed by atoms with Crippen LogP contribution in [0.15, 0.2) is 0 Å². The fourth-order valence-electron chi connectivity index (χ4n) is 3.87. The summed E-state index contributed by atoms with van der Waals surface area (Å²) in [5.74, 6) is 0. The molecule has 0 aliphatic heterocycles. The largest absolute Gasteiger partial charge is 0.509 e. The van der Waals surface area contributed by atoms with Gasteiger partial charge < -0.3 is 42.4 Å². The maximum absolute atomic E-state index is 6.75. The fraction of sp³-hybridized carbons (Fsp3) is 1.00. The van der Waals surface area contributed by atoms with Crippen molar-refractivity contribution in [1.82, 2.24) is 0 Å². The standard InChI is InChI=1S/C21H52N2O7Si3/c1-9-24-31(8,32(25-10-2,26-11-3)29-20(6)16-14-18-22)33(27-12-4,28-13-5)30-21(7)17-15-19-23/h20-21H,9-19,22-23H2,1-8H3. The molecule has 12 heteroatoms. The number of hydrogen-bond donors (Lipinski definition) is 2. The number of nitrogens with two attached hydrogens (primary N) is 2. The van der Waals surface area contributed by atoms with E-state index in [1.807, 2.05) is 48.5 Å². The van der Waals surface area contributed by atoms with Crippen LogP contribution in [0, 0.1) is 0 Å². The Morgan fingerprint density at radius 2 is 0.879 bits per heavy atom. The molecule has 2 atom stereocenters. The first-order valence-electron chi connectivity index (χ1n) is 12.7. The van der Waals surface area contributed by atoms with Gasteiger partial charge in [-0.3, -0.25) is 0 Å². The van der Waals surface area contributed by atoms with E-state index in [9.17, 15) is 0 Å². The van der Waals surface area contributed by atoms with Gasteiger partial charge in [-0.15, -0.1) is 0 Å². The average Bonchev–Trinajstić information content (AvgIpc) is 2.76. The van der Waals surface area contributed by atoms with Gasteiger partial charge >= 0.3 is 24.0 Å². The van der Waals surface area contributed by atoms with Crippen LogP contribution in [0.25, 0.3) is 0 Å². The molecular formula is C21H52N2O7Si3. The summed E-state index contributed by atoms with van der Waals surface area (Å²) >= 11 is 0. The lowest BCUT2D eigenvalue weighted by Gasteiger charge is -2.48. The maximum Gasteiger partial charge on any atom is 0.509 e. The molecule has 0 aromatic carbocycles. The molecule has 0 heterocycles. The van der Waals surface area contributed by atoms with Gasteiger partial charge in [0.25, 0.3) is 0 Å². The summed E-state index contributed by atoms with van der Waals surface area (Å²) in [7, 11) is -10.1. The van der Waals surface area contributed by atoms with Crippen LogP contribution in [0.2, 0.25) is 6.55 Å². The third-order valence-electron chi connectivity index (χ3n) is 5.28. The summed E-state index contributed by atoms with van der Waals surface area (Å²) in [5, 5.41) is 0. The first-order chi connectivity index (χ1) is 15.7. The topological polar surface area (TPSA) is 117 Å². The Morgan fingerprint density at radius 1 is 0.576 bits per heavy atom. The zero-order chi connectivity index (χ0) is 25.4. The zero-order valence-corrected chi connectivity index (χ0v) is 25.4. The van der Waals surface area contributed by atoms with Gasteiger partial charge in [-0.2, -0.15) is 0 Å². The summed E-state index contributed by atoms with van der Waals surface area (Å²) in [4.78, 5) is 0. The summed E-state index contributed by atoms with van der Waals surface area (Å²) in [6, 6.07) is 0. The molecule has 0 rings (SSSR count). The molecule has 0 radical (unpaired) electrons. The van der Waals surface area contributed by atoms with E-state index >= 15 is 0 Å². The van der Waals surface area contributed by atoms with Crippen molar-refractivity contribution < 1.29 is 31.0 Å². The second-order valence-electron chi connectivity index (χ2n) is 8.03. The molecule has 0 aliphatic carbocycles. The molecule has 33 heavy (non-hydrogen) atoms. The van der Waals surface area contributed by atoms with Crippen molar-refractivity contribution in [2.45, 2.75) is 92.9 Å². The van der Waals surface area contributed by atoms with Gasteiger partial charge in [0.1, 0.15) is 0 Å². The van der Waals surface area contributed by atoms with Crippen molar-refractivity contribution in [1.29, 1.82) is 0 Å². The minimum Gasteiger partial charge on any atom is -0.409 e. The van der Waals surface area contributed by atoms with Crippen LogP contribution >= 0.6 is 0 Å². The molecule has 0 bridgehead atoms. The lowest BCUT2D eigenvalue weighted by molar-refractivity contribution is 0.0299. The van der Waals surface area contributed by atoms with E-state index in [1.165, 1.54) is 0 Å². The summed E-state index contributed by atoms with van der Waals surface area (Å²) in [6.07, 6.45) is 3.07. The molecule has 0 amide bonds. The van der Waals surface area contributed by atoms with Crippen molar-refractivity contribution in [2.24, 2.45) is 11.5 Å². The Hall–Kier alpha value is 0.291. The fourth-order valence-corrected chi connectivity index (χ4v) is 27.7. The predicted molar refractivity (Wildman–Crippen MR) is 139 cm³/mol. The highest BCUT2D eigenvalue weighted by Gasteiger charge is 2.80. The SMILES string of the molecule is CCO[Si](OCC)(OC(C)CCCN)[Si](C)(OCC)[Si](OCC)(OCC)OC(C)CCCN. The highest BCUT2D eigenvalue weighted by atomic mass is 29.7. The molecule has 0 spiro atoms. The normalized spacial score (nSPS) is 16.5. The highest BCUT2D eigenvalue weighted by molar-refractivity contribution is 7.59. The van der Waals surface area contributed by atoms with E-state index in [1.54, 1.807) is 0 Å². The van der Waals surface area contributed by atoms with Gasteiger partial charge in [0.2, 0.25) is 0 Å². The second kappa shape index (κ2) is 17.7. The zero-order valence-electron chi connectivity index (χ0n) is 22.4. The summed E-state index contributed by atoms with van der Waals surface area (Å²) < 4.78 is 46.0. The number of rotatable bonds is 22. The van der Waals surface area contributed by atoms with E-state index in [0.717, 1.165) is 25.7 Å². The molecule has 9 nitrogen and oxygen atoms in total.